The molecule has 0 aliphatic carbocycles. The minimum atomic E-state index is -0.0240. The molecular formula is C16H21ClN2O2. The van der Waals surface area contributed by atoms with Gasteiger partial charge in [0, 0.05) is 18.0 Å². The second-order valence-electron chi connectivity index (χ2n) is 5.75. The summed E-state index contributed by atoms with van der Waals surface area (Å²) < 4.78 is 5.77. The van der Waals surface area contributed by atoms with Crippen molar-refractivity contribution in [3.63, 3.8) is 0 Å². The van der Waals surface area contributed by atoms with E-state index in [1.54, 1.807) is 0 Å². The first kappa shape index (κ1) is 15.9. The second kappa shape index (κ2) is 6.08. The van der Waals surface area contributed by atoms with Gasteiger partial charge < -0.3 is 15.1 Å². The van der Waals surface area contributed by atoms with E-state index in [1.807, 2.05) is 36.1 Å². The maximum Gasteiger partial charge on any atom is 0.289 e. The van der Waals surface area contributed by atoms with Gasteiger partial charge in [0.05, 0.1) is 0 Å². The molecule has 2 unspecified atom stereocenters. The van der Waals surface area contributed by atoms with Crippen LogP contribution in [-0.2, 0) is 0 Å². The number of likely N-dealkylation sites (tertiary alicyclic amines) is 1. The molecule has 0 saturated carbocycles. The first-order valence-electron chi connectivity index (χ1n) is 7.10. The summed E-state index contributed by atoms with van der Waals surface area (Å²) in [6, 6.07) is 8.00. The van der Waals surface area contributed by atoms with E-state index in [-0.39, 0.29) is 24.4 Å². The highest BCUT2D eigenvalue weighted by Gasteiger charge is 2.33. The van der Waals surface area contributed by atoms with Gasteiger partial charge in [-0.2, -0.15) is 0 Å². The lowest BCUT2D eigenvalue weighted by Crippen LogP contribution is -2.34. The van der Waals surface area contributed by atoms with E-state index < -0.39 is 0 Å². The van der Waals surface area contributed by atoms with Crippen LogP contribution in [0.4, 0.5) is 0 Å². The average molecular weight is 309 g/mol. The number of carbonyl (C=O) groups is 1. The Morgan fingerprint density at radius 3 is 2.86 bits per heavy atom. The average Bonchev–Trinajstić information content (AvgIpc) is 3.02. The zero-order chi connectivity index (χ0) is 14.3. The Morgan fingerprint density at radius 2 is 2.24 bits per heavy atom. The van der Waals surface area contributed by atoms with Crippen molar-refractivity contribution in [1.29, 1.82) is 0 Å². The highest BCUT2D eigenvalue weighted by molar-refractivity contribution is 5.97. The van der Waals surface area contributed by atoms with Crippen molar-refractivity contribution >= 4 is 29.3 Å². The Labute approximate surface area is 130 Å². The lowest BCUT2D eigenvalue weighted by Gasteiger charge is -2.19. The standard InChI is InChI=1S/C16H20N2O2.ClH/c1-10-4-3-5-13-7-14(20-15(10)13)16(19)18-9-12(8-17)6-11(18)2;/h3-5,7,11-12H,6,8-9,17H2,1-2H3;1H. The molecule has 4 nitrogen and oxygen atoms in total. The Kier molecular flexibility index (Phi) is 4.59. The topological polar surface area (TPSA) is 59.5 Å². The highest BCUT2D eigenvalue weighted by atomic mass is 35.5. The molecule has 2 aromatic rings. The Balaban J connectivity index is 0.00000161. The van der Waals surface area contributed by atoms with Crippen LogP contribution in [0.15, 0.2) is 28.7 Å². The van der Waals surface area contributed by atoms with E-state index in [0.717, 1.165) is 29.5 Å². The number of nitrogens with zero attached hydrogens (tertiary/aromatic N) is 1. The molecular weight excluding hydrogens is 288 g/mol. The number of benzene rings is 1. The molecule has 1 aliphatic rings. The number of carbonyl (C=O) groups excluding carboxylic acids is 1. The van der Waals surface area contributed by atoms with Gasteiger partial charge in [-0.1, -0.05) is 18.2 Å². The van der Waals surface area contributed by atoms with Gasteiger partial charge in [0.25, 0.3) is 5.91 Å². The van der Waals surface area contributed by atoms with Crippen molar-refractivity contribution in [3.8, 4) is 0 Å². The number of aryl methyl sites for hydroxylation is 1. The fraction of sp³-hybridized carbons (Fsp3) is 0.438. The van der Waals surface area contributed by atoms with Crippen LogP contribution in [0.1, 0.15) is 29.5 Å². The number of hydrogen-bond donors (Lipinski definition) is 1. The van der Waals surface area contributed by atoms with E-state index >= 15 is 0 Å². The molecule has 1 aromatic carbocycles. The van der Waals surface area contributed by atoms with Crippen LogP contribution < -0.4 is 5.73 Å². The van der Waals surface area contributed by atoms with Crippen LogP contribution in [0.3, 0.4) is 0 Å². The zero-order valence-electron chi connectivity index (χ0n) is 12.3. The third-order valence-electron chi connectivity index (χ3n) is 4.21. The lowest BCUT2D eigenvalue weighted by atomic mass is 10.1. The van der Waals surface area contributed by atoms with Crippen molar-refractivity contribution in [2.24, 2.45) is 11.7 Å². The van der Waals surface area contributed by atoms with Crippen LogP contribution in [0, 0.1) is 12.8 Å². The van der Waals surface area contributed by atoms with Crippen LogP contribution in [-0.4, -0.2) is 29.9 Å². The number of amides is 1. The molecule has 3 rings (SSSR count). The maximum atomic E-state index is 12.6. The normalized spacial score (nSPS) is 21.6. The van der Waals surface area contributed by atoms with Crippen molar-refractivity contribution in [2.45, 2.75) is 26.3 Å². The van der Waals surface area contributed by atoms with Gasteiger partial charge in [0.2, 0.25) is 0 Å². The van der Waals surface area contributed by atoms with Crippen LogP contribution >= 0.6 is 12.4 Å². The summed E-state index contributed by atoms with van der Waals surface area (Å²) in [6.07, 6.45) is 0.974. The highest BCUT2D eigenvalue weighted by Crippen LogP contribution is 2.27. The monoisotopic (exact) mass is 308 g/mol. The molecule has 0 bridgehead atoms. The summed E-state index contributed by atoms with van der Waals surface area (Å²) in [5.41, 5.74) is 7.57. The van der Waals surface area contributed by atoms with Crippen molar-refractivity contribution < 1.29 is 9.21 Å². The Morgan fingerprint density at radius 1 is 1.48 bits per heavy atom. The van der Waals surface area contributed by atoms with E-state index in [1.165, 1.54) is 0 Å². The summed E-state index contributed by atoms with van der Waals surface area (Å²) in [5, 5.41) is 0.982. The fourth-order valence-corrected chi connectivity index (χ4v) is 3.05. The zero-order valence-corrected chi connectivity index (χ0v) is 13.2. The lowest BCUT2D eigenvalue weighted by molar-refractivity contribution is 0.0713. The SMILES string of the molecule is Cc1cccc2cc(C(=O)N3CC(CN)CC3C)oc12.Cl. The van der Waals surface area contributed by atoms with Gasteiger partial charge in [0.15, 0.2) is 5.76 Å². The number of rotatable bonds is 2. The molecule has 1 aliphatic heterocycles. The fourth-order valence-electron chi connectivity index (χ4n) is 3.05. The molecule has 1 amide bonds. The summed E-state index contributed by atoms with van der Waals surface area (Å²) in [7, 11) is 0. The van der Waals surface area contributed by atoms with Crippen molar-refractivity contribution in [2.75, 3.05) is 13.1 Å². The number of para-hydroxylation sites is 1. The van der Waals surface area contributed by atoms with Gasteiger partial charge in [-0.15, -0.1) is 12.4 Å². The maximum absolute atomic E-state index is 12.6. The summed E-state index contributed by atoms with van der Waals surface area (Å²) in [4.78, 5) is 14.5. The number of nitrogens with two attached hydrogens (primary N) is 1. The molecule has 1 saturated heterocycles. The molecule has 2 atom stereocenters. The van der Waals surface area contributed by atoms with Gasteiger partial charge in [-0.05, 0) is 44.4 Å². The minimum absolute atomic E-state index is 0. The summed E-state index contributed by atoms with van der Waals surface area (Å²) in [5.74, 6) is 0.808. The predicted molar refractivity (Wildman–Crippen MR) is 85.9 cm³/mol. The third-order valence-corrected chi connectivity index (χ3v) is 4.21. The Bertz CT molecular complexity index is 653. The van der Waals surface area contributed by atoms with Crippen molar-refractivity contribution in [1.82, 2.24) is 4.90 Å². The molecule has 0 spiro atoms. The third kappa shape index (κ3) is 2.78. The van der Waals surface area contributed by atoms with E-state index in [9.17, 15) is 4.79 Å². The van der Waals surface area contributed by atoms with Gasteiger partial charge >= 0.3 is 0 Å². The molecule has 5 heteroatoms. The van der Waals surface area contributed by atoms with Crippen LogP contribution in [0.5, 0.6) is 0 Å². The molecule has 2 heterocycles. The van der Waals surface area contributed by atoms with E-state index in [0.29, 0.717) is 18.2 Å². The predicted octanol–water partition coefficient (Wildman–Crippen LogP) is 2.97. The molecule has 21 heavy (non-hydrogen) atoms. The number of hydrogen-bond acceptors (Lipinski definition) is 3. The minimum Gasteiger partial charge on any atom is -0.451 e. The first-order valence-corrected chi connectivity index (χ1v) is 7.10. The number of halogens is 1. The van der Waals surface area contributed by atoms with E-state index in [4.69, 9.17) is 10.2 Å². The molecule has 1 fully saturated rings. The second-order valence-corrected chi connectivity index (χ2v) is 5.75. The van der Waals surface area contributed by atoms with Crippen LogP contribution in [0.2, 0.25) is 0 Å². The molecule has 1 aromatic heterocycles. The van der Waals surface area contributed by atoms with E-state index in [2.05, 4.69) is 6.92 Å². The quantitative estimate of drug-likeness (QED) is 0.928. The molecule has 0 radical (unpaired) electrons. The largest absolute Gasteiger partial charge is 0.451 e. The first-order chi connectivity index (χ1) is 9.60. The summed E-state index contributed by atoms with van der Waals surface area (Å²) >= 11 is 0. The molecule has 2 N–H and O–H groups in total. The summed E-state index contributed by atoms with van der Waals surface area (Å²) in [6.45, 7) is 5.42. The number of fused-ring (bicyclic) bond motifs is 1. The number of furan rings is 1. The van der Waals surface area contributed by atoms with Gasteiger partial charge in [0.1, 0.15) is 5.58 Å². The Hall–Kier alpha value is -1.52. The van der Waals surface area contributed by atoms with Crippen molar-refractivity contribution in [3.05, 3.63) is 35.6 Å². The van der Waals surface area contributed by atoms with Gasteiger partial charge in [-0.25, -0.2) is 0 Å². The molecule has 114 valence electrons. The van der Waals surface area contributed by atoms with Gasteiger partial charge in [-0.3, -0.25) is 4.79 Å². The van der Waals surface area contributed by atoms with Crippen LogP contribution in [0.25, 0.3) is 11.0 Å². The smallest absolute Gasteiger partial charge is 0.289 e.